The molecule has 7 nitrogen and oxygen atoms in total. The fourth-order valence-electron chi connectivity index (χ4n) is 7.11. The molecule has 2 saturated heterocycles. The molecular formula is C32H43F2N5O2. The van der Waals surface area contributed by atoms with Crippen molar-refractivity contribution in [3.05, 3.63) is 64.2 Å². The second-order valence-corrected chi connectivity index (χ2v) is 11.9. The number of aromatic nitrogens is 2. The number of alkyl halides is 2. The van der Waals surface area contributed by atoms with E-state index in [9.17, 15) is 9.90 Å². The van der Waals surface area contributed by atoms with Gasteiger partial charge in [0.25, 0.3) is 11.5 Å². The van der Waals surface area contributed by atoms with Gasteiger partial charge in [-0.25, -0.2) is 13.8 Å². The Morgan fingerprint density at radius 3 is 2.54 bits per heavy atom. The van der Waals surface area contributed by atoms with Crippen LogP contribution in [0, 0.1) is 5.92 Å². The monoisotopic (exact) mass is 567 g/mol. The Morgan fingerprint density at radius 2 is 1.90 bits per heavy atom. The van der Waals surface area contributed by atoms with E-state index in [1.54, 1.807) is 10.6 Å². The number of phenolic OH excluding ortho intramolecular Hbond substituents is 1. The topological polar surface area (TPSA) is 73.6 Å². The minimum atomic E-state index is -2.85. The normalized spacial score (nSPS) is 21.3. The Kier molecular flexibility index (Phi) is 8.39. The van der Waals surface area contributed by atoms with Crippen LogP contribution in [0.3, 0.4) is 0 Å². The molecule has 2 aliphatic heterocycles. The lowest BCUT2D eigenvalue weighted by molar-refractivity contribution is -0.0853. The second kappa shape index (κ2) is 11.7. The van der Waals surface area contributed by atoms with E-state index in [0.29, 0.717) is 42.7 Å². The Balaban J connectivity index is 1.47. The summed E-state index contributed by atoms with van der Waals surface area (Å²) in [6, 6.07) is 13.3. The van der Waals surface area contributed by atoms with Gasteiger partial charge in [-0.2, -0.15) is 0 Å². The van der Waals surface area contributed by atoms with Crippen LogP contribution in [-0.4, -0.2) is 65.8 Å². The Labute approximate surface area is 241 Å². The first-order valence-electron chi connectivity index (χ1n) is 15.0. The van der Waals surface area contributed by atoms with Crippen molar-refractivity contribution in [3.8, 4) is 5.75 Å². The predicted molar refractivity (Wildman–Crippen MR) is 160 cm³/mol. The van der Waals surface area contributed by atoms with Gasteiger partial charge in [-0.05, 0) is 89.1 Å². The van der Waals surface area contributed by atoms with Crippen molar-refractivity contribution in [2.24, 2.45) is 5.92 Å². The lowest BCUT2D eigenvalue weighted by atomic mass is 9.79. The minimum Gasteiger partial charge on any atom is -0.508 e. The largest absolute Gasteiger partial charge is 0.508 e. The number of rotatable bonds is 8. The number of phenols is 1. The average Bonchev–Trinajstić information content (AvgIpc) is 2.96. The molecule has 3 heterocycles. The Hall–Kier alpha value is -3.04. The van der Waals surface area contributed by atoms with E-state index in [2.05, 4.69) is 35.3 Å². The summed E-state index contributed by atoms with van der Waals surface area (Å²) in [4.78, 5) is 23.3. The maximum atomic E-state index is 15.1. The van der Waals surface area contributed by atoms with Gasteiger partial charge in [-0.15, -0.1) is 0 Å². The molecule has 1 aromatic heterocycles. The van der Waals surface area contributed by atoms with Crippen molar-refractivity contribution < 1.29 is 13.9 Å². The predicted octanol–water partition coefficient (Wildman–Crippen LogP) is 5.31. The standard InChI is InChI=1S/C32H43F2N5O2/c1-5-8-25(27-13-16-35-21-32(27,33)34)29-36-28-12-11-23(20-26(28)30(41)39(29)6-2)38-17-14-31(15-18-38,37(3)4)22-9-7-10-24(40)19-22/h7,9-12,19-20,25,27,35,40H,5-6,8,13-18,21H2,1-4H3/t25-,27-/m1/s1. The van der Waals surface area contributed by atoms with Crippen LogP contribution in [0.1, 0.15) is 63.3 Å². The molecule has 0 amide bonds. The number of piperidine rings is 2. The molecule has 2 N–H and O–H groups in total. The maximum Gasteiger partial charge on any atom is 0.263 e. The molecule has 5 rings (SSSR count). The molecular weight excluding hydrogens is 524 g/mol. The van der Waals surface area contributed by atoms with E-state index >= 15 is 8.78 Å². The number of hydrogen-bond donors (Lipinski definition) is 2. The van der Waals surface area contributed by atoms with Crippen LogP contribution >= 0.6 is 0 Å². The van der Waals surface area contributed by atoms with Crippen LogP contribution in [0.25, 0.3) is 10.9 Å². The van der Waals surface area contributed by atoms with Crippen LogP contribution in [0.5, 0.6) is 5.75 Å². The SMILES string of the molecule is CCC[C@@H](c1nc2ccc(N3CCC(c4cccc(O)c4)(N(C)C)CC3)cc2c(=O)n1CC)[C@H]1CCNCC1(F)F. The molecule has 0 bridgehead atoms. The Morgan fingerprint density at radius 1 is 1.15 bits per heavy atom. The van der Waals surface area contributed by atoms with Crippen molar-refractivity contribution in [1.29, 1.82) is 0 Å². The van der Waals surface area contributed by atoms with E-state index in [0.717, 1.165) is 43.6 Å². The number of hydrogen-bond acceptors (Lipinski definition) is 6. The quantitative estimate of drug-likeness (QED) is 0.385. The van der Waals surface area contributed by atoms with Gasteiger partial charge in [0.1, 0.15) is 11.6 Å². The molecule has 3 aromatic rings. The third kappa shape index (κ3) is 5.46. The lowest BCUT2D eigenvalue weighted by Crippen LogP contribution is -2.50. The molecule has 2 atom stereocenters. The molecule has 2 aliphatic rings. The molecule has 222 valence electrons. The summed E-state index contributed by atoms with van der Waals surface area (Å²) in [5.41, 5.74) is 2.28. The van der Waals surface area contributed by atoms with Gasteiger partial charge in [0.2, 0.25) is 0 Å². The highest BCUT2D eigenvalue weighted by molar-refractivity contribution is 5.82. The van der Waals surface area contributed by atoms with Crippen molar-refractivity contribution in [3.63, 3.8) is 0 Å². The first-order chi connectivity index (χ1) is 19.6. The van der Waals surface area contributed by atoms with E-state index in [4.69, 9.17) is 4.98 Å². The van der Waals surface area contributed by atoms with E-state index in [-0.39, 0.29) is 23.4 Å². The lowest BCUT2D eigenvalue weighted by Gasteiger charge is -2.47. The number of benzene rings is 2. The van der Waals surface area contributed by atoms with E-state index in [1.807, 2.05) is 44.2 Å². The van der Waals surface area contributed by atoms with Crippen LogP contribution in [0.4, 0.5) is 14.5 Å². The van der Waals surface area contributed by atoms with Crippen LogP contribution in [-0.2, 0) is 12.1 Å². The molecule has 2 aromatic carbocycles. The Bertz CT molecular complexity index is 1430. The van der Waals surface area contributed by atoms with Crippen LogP contribution in [0.2, 0.25) is 0 Å². The summed E-state index contributed by atoms with van der Waals surface area (Å²) >= 11 is 0. The van der Waals surface area contributed by atoms with Gasteiger partial charge in [-0.3, -0.25) is 14.3 Å². The average molecular weight is 568 g/mol. The number of aromatic hydroxyl groups is 1. The number of halogens is 2. The van der Waals surface area contributed by atoms with Crippen LogP contribution < -0.4 is 15.8 Å². The summed E-state index contributed by atoms with van der Waals surface area (Å²) in [6.45, 7) is 6.06. The highest BCUT2D eigenvalue weighted by Gasteiger charge is 2.47. The number of anilines is 1. The molecule has 2 fully saturated rings. The zero-order chi connectivity index (χ0) is 29.4. The zero-order valence-electron chi connectivity index (χ0n) is 24.7. The second-order valence-electron chi connectivity index (χ2n) is 11.9. The summed E-state index contributed by atoms with van der Waals surface area (Å²) in [5, 5.41) is 13.5. The summed E-state index contributed by atoms with van der Waals surface area (Å²) in [7, 11) is 4.16. The van der Waals surface area contributed by atoms with Crippen molar-refractivity contribution in [2.45, 2.75) is 69.9 Å². The van der Waals surface area contributed by atoms with Gasteiger partial charge in [0.15, 0.2) is 0 Å². The maximum absolute atomic E-state index is 15.1. The van der Waals surface area contributed by atoms with Gasteiger partial charge in [0, 0.05) is 42.7 Å². The summed E-state index contributed by atoms with van der Waals surface area (Å²) in [6.07, 6.45) is 3.40. The first-order valence-corrected chi connectivity index (χ1v) is 15.0. The van der Waals surface area contributed by atoms with Crippen molar-refractivity contribution >= 4 is 16.6 Å². The summed E-state index contributed by atoms with van der Waals surface area (Å²) in [5.74, 6) is -3.41. The smallest absolute Gasteiger partial charge is 0.263 e. The third-order valence-corrected chi connectivity index (χ3v) is 9.43. The van der Waals surface area contributed by atoms with Crippen molar-refractivity contribution in [1.82, 2.24) is 19.8 Å². The summed E-state index contributed by atoms with van der Waals surface area (Å²) < 4.78 is 31.8. The fraction of sp³-hybridized carbons (Fsp3) is 0.562. The van der Waals surface area contributed by atoms with Gasteiger partial charge < -0.3 is 15.3 Å². The van der Waals surface area contributed by atoms with Gasteiger partial charge in [-0.1, -0.05) is 25.5 Å². The molecule has 9 heteroatoms. The molecule has 0 radical (unpaired) electrons. The first kappa shape index (κ1) is 29.5. The van der Waals surface area contributed by atoms with Gasteiger partial charge >= 0.3 is 0 Å². The molecule has 41 heavy (non-hydrogen) atoms. The van der Waals surface area contributed by atoms with Crippen molar-refractivity contribution in [2.75, 3.05) is 45.2 Å². The number of fused-ring (bicyclic) bond motifs is 1. The molecule has 0 aliphatic carbocycles. The molecule has 0 unspecified atom stereocenters. The highest BCUT2D eigenvalue weighted by atomic mass is 19.3. The van der Waals surface area contributed by atoms with E-state index < -0.39 is 17.8 Å². The third-order valence-electron chi connectivity index (χ3n) is 9.43. The number of nitrogens with zero attached hydrogens (tertiary/aromatic N) is 4. The molecule has 0 spiro atoms. The molecule has 0 saturated carbocycles. The minimum absolute atomic E-state index is 0.160. The van der Waals surface area contributed by atoms with Gasteiger partial charge in [0.05, 0.1) is 17.4 Å². The van der Waals surface area contributed by atoms with Crippen LogP contribution in [0.15, 0.2) is 47.3 Å². The fourth-order valence-corrected chi connectivity index (χ4v) is 7.11. The highest BCUT2D eigenvalue weighted by Crippen LogP contribution is 2.43. The van der Waals surface area contributed by atoms with E-state index in [1.165, 1.54) is 0 Å². The zero-order valence-corrected chi connectivity index (χ0v) is 24.7. The number of nitrogens with one attached hydrogen (secondary N) is 1.